The number of para-hydroxylation sites is 4. The summed E-state index contributed by atoms with van der Waals surface area (Å²) < 4.78 is 2.37. The van der Waals surface area contributed by atoms with Crippen LogP contribution >= 0.6 is 0 Å². The molecular weight excluding hydrogens is 955 g/mol. The molecule has 3 nitrogen and oxygen atoms in total. The molecule has 0 atom stereocenters. The molecule has 79 heavy (non-hydrogen) atoms. The van der Waals surface area contributed by atoms with Crippen molar-refractivity contribution in [3.63, 3.8) is 0 Å². The maximum atomic E-state index is 3.86. The van der Waals surface area contributed by atoms with Gasteiger partial charge in [0.25, 0.3) is 0 Å². The molecule has 0 saturated carbocycles. The maximum Gasteiger partial charge on any atom is 0.0541 e. The lowest BCUT2D eigenvalue weighted by molar-refractivity contribution is 0.789. The Morgan fingerprint density at radius 1 is 0.367 bits per heavy atom. The van der Waals surface area contributed by atoms with Crippen molar-refractivity contribution >= 4 is 77.4 Å². The molecule has 0 bridgehead atoms. The van der Waals surface area contributed by atoms with Crippen LogP contribution in [0.3, 0.4) is 0 Å². The number of hydrogen-bond acceptors (Lipinski definition) is 2. The average molecular weight is 1020 g/mol. The molecule has 1 heterocycles. The van der Waals surface area contributed by atoms with E-state index in [1.807, 2.05) is 19.1 Å². The van der Waals surface area contributed by atoms with Crippen LogP contribution in [0.5, 0.6) is 0 Å². The maximum absolute atomic E-state index is 3.86. The molecular formula is C76H61N3. The summed E-state index contributed by atoms with van der Waals surface area (Å²) in [7, 11) is 0. The van der Waals surface area contributed by atoms with Crippen LogP contribution in [-0.2, 0) is 0 Å². The Kier molecular flexibility index (Phi) is 14.1. The molecule has 0 aliphatic rings. The number of aromatic nitrogens is 1. The first-order valence-electron chi connectivity index (χ1n) is 27.3. The van der Waals surface area contributed by atoms with Crippen LogP contribution in [-0.4, -0.2) is 10.6 Å². The zero-order chi connectivity index (χ0) is 53.7. The summed E-state index contributed by atoms with van der Waals surface area (Å²) >= 11 is 0. The van der Waals surface area contributed by atoms with E-state index in [9.17, 15) is 0 Å². The highest BCUT2D eigenvalue weighted by atomic mass is 15.2. The van der Waals surface area contributed by atoms with E-state index in [1.165, 1.54) is 99.4 Å². The van der Waals surface area contributed by atoms with Gasteiger partial charge in [-0.1, -0.05) is 213 Å². The minimum absolute atomic E-state index is 0.402. The largest absolute Gasteiger partial charge is 0.339 e. The van der Waals surface area contributed by atoms with Gasteiger partial charge in [-0.2, -0.15) is 0 Å². The SMILES string of the molecule is C=C/C(=C\C)c1ccc(N(c2ccccc2)C(C)C)cc1.c1ccc(-c2c3ccccc3c(-c3ccc(N(c4ccccc4)c4ccc(-c5ccc6c(c5)c5ccccc5n6-c5ccccc5)cc4)cc3)c3ccccc23)cc1. The van der Waals surface area contributed by atoms with E-state index in [-0.39, 0.29) is 0 Å². The molecule has 380 valence electrons. The molecule has 0 amide bonds. The molecule has 0 fully saturated rings. The molecule has 0 spiro atoms. The molecule has 0 unspecified atom stereocenters. The van der Waals surface area contributed by atoms with Crippen LogP contribution in [0.4, 0.5) is 28.4 Å². The zero-order valence-electron chi connectivity index (χ0n) is 44.9. The van der Waals surface area contributed by atoms with Crippen molar-refractivity contribution < 1.29 is 0 Å². The monoisotopic (exact) mass is 1020 g/mol. The number of nitrogens with zero attached hydrogens (tertiary/aromatic N) is 3. The van der Waals surface area contributed by atoms with Gasteiger partial charge in [-0.25, -0.2) is 0 Å². The summed E-state index contributed by atoms with van der Waals surface area (Å²) in [4.78, 5) is 4.69. The Morgan fingerprint density at radius 2 is 0.759 bits per heavy atom. The Hall–Kier alpha value is -9.96. The van der Waals surface area contributed by atoms with Gasteiger partial charge < -0.3 is 14.4 Å². The molecule has 12 aromatic carbocycles. The number of fused-ring (bicyclic) bond motifs is 5. The summed E-state index contributed by atoms with van der Waals surface area (Å²) in [6.07, 6.45) is 3.98. The predicted octanol–water partition coefficient (Wildman–Crippen LogP) is 21.4. The second-order valence-corrected chi connectivity index (χ2v) is 20.2. The number of rotatable bonds is 12. The summed E-state index contributed by atoms with van der Waals surface area (Å²) in [6, 6.07) is 103. The normalized spacial score (nSPS) is 11.5. The van der Waals surface area contributed by atoms with Crippen molar-refractivity contribution in [2.45, 2.75) is 26.8 Å². The highest BCUT2D eigenvalue weighted by Gasteiger charge is 2.19. The van der Waals surface area contributed by atoms with E-state index in [2.05, 4.69) is 320 Å². The average Bonchev–Trinajstić information content (AvgIpc) is 4.09. The Morgan fingerprint density at radius 3 is 1.28 bits per heavy atom. The summed E-state index contributed by atoms with van der Waals surface area (Å²) in [6.45, 7) is 10.3. The lowest BCUT2D eigenvalue weighted by atomic mass is 9.86. The van der Waals surface area contributed by atoms with Crippen LogP contribution in [0.2, 0.25) is 0 Å². The molecule has 1 aromatic heterocycles. The molecule has 0 aliphatic heterocycles. The van der Waals surface area contributed by atoms with Crippen LogP contribution in [0.1, 0.15) is 26.3 Å². The van der Waals surface area contributed by atoms with Crippen LogP contribution < -0.4 is 9.80 Å². The smallest absolute Gasteiger partial charge is 0.0541 e. The van der Waals surface area contributed by atoms with Crippen LogP contribution in [0, 0.1) is 0 Å². The van der Waals surface area contributed by atoms with Crippen molar-refractivity contribution in [3.8, 4) is 39.1 Å². The first kappa shape index (κ1) is 49.9. The number of allylic oxidation sites excluding steroid dienone is 3. The highest BCUT2D eigenvalue weighted by Crippen LogP contribution is 2.45. The topological polar surface area (TPSA) is 11.4 Å². The van der Waals surface area contributed by atoms with Gasteiger partial charge >= 0.3 is 0 Å². The third kappa shape index (κ3) is 9.80. The van der Waals surface area contributed by atoms with Crippen molar-refractivity contribution in [1.29, 1.82) is 0 Å². The second kappa shape index (κ2) is 22.3. The Labute approximate surface area is 464 Å². The first-order chi connectivity index (χ1) is 39.0. The van der Waals surface area contributed by atoms with Crippen molar-refractivity contribution in [3.05, 3.63) is 309 Å². The van der Waals surface area contributed by atoms with Crippen molar-refractivity contribution in [2.24, 2.45) is 0 Å². The van der Waals surface area contributed by atoms with Crippen molar-refractivity contribution in [1.82, 2.24) is 4.57 Å². The van der Waals surface area contributed by atoms with E-state index in [1.54, 1.807) is 0 Å². The number of hydrogen-bond donors (Lipinski definition) is 0. The molecule has 13 rings (SSSR count). The van der Waals surface area contributed by atoms with E-state index in [0.717, 1.165) is 22.6 Å². The zero-order valence-corrected chi connectivity index (χ0v) is 44.9. The summed E-state index contributed by atoms with van der Waals surface area (Å²) in [5.41, 5.74) is 19.1. The second-order valence-electron chi connectivity index (χ2n) is 20.2. The fraction of sp³-hybridized carbons (Fsp3) is 0.0526. The minimum Gasteiger partial charge on any atom is -0.339 e. The van der Waals surface area contributed by atoms with Crippen LogP contribution in [0.25, 0.3) is 88.0 Å². The quantitative estimate of drug-likeness (QED) is 0.0892. The molecule has 0 N–H and O–H groups in total. The van der Waals surface area contributed by atoms with E-state index < -0.39 is 0 Å². The number of anilines is 5. The van der Waals surface area contributed by atoms with Crippen molar-refractivity contribution in [2.75, 3.05) is 9.80 Å². The third-order valence-corrected chi connectivity index (χ3v) is 15.1. The Bertz CT molecular complexity index is 4200. The fourth-order valence-corrected chi connectivity index (χ4v) is 11.5. The van der Waals surface area contributed by atoms with E-state index in [4.69, 9.17) is 0 Å². The minimum atomic E-state index is 0.402. The molecule has 0 aliphatic carbocycles. The lowest BCUT2D eigenvalue weighted by Crippen LogP contribution is -2.25. The Balaban J connectivity index is 0.000000250. The highest BCUT2D eigenvalue weighted by molar-refractivity contribution is 6.21. The van der Waals surface area contributed by atoms with Gasteiger partial charge in [-0.05, 0) is 178 Å². The fourth-order valence-electron chi connectivity index (χ4n) is 11.5. The van der Waals surface area contributed by atoms with Gasteiger partial charge in [0.1, 0.15) is 0 Å². The van der Waals surface area contributed by atoms with E-state index >= 15 is 0 Å². The number of benzene rings is 12. The third-order valence-electron chi connectivity index (χ3n) is 15.1. The predicted molar refractivity (Wildman–Crippen MR) is 341 cm³/mol. The lowest BCUT2D eigenvalue weighted by Gasteiger charge is -2.29. The van der Waals surface area contributed by atoms with Gasteiger partial charge in [0, 0.05) is 50.9 Å². The van der Waals surface area contributed by atoms with Crippen LogP contribution in [0.15, 0.2) is 304 Å². The summed E-state index contributed by atoms with van der Waals surface area (Å²) in [5.74, 6) is 0. The summed E-state index contributed by atoms with van der Waals surface area (Å²) in [5, 5.41) is 7.54. The molecule has 0 saturated heterocycles. The van der Waals surface area contributed by atoms with Gasteiger partial charge in [-0.3, -0.25) is 0 Å². The van der Waals surface area contributed by atoms with Gasteiger partial charge in [0.05, 0.1) is 11.0 Å². The molecule has 13 aromatic rings. The molecule has 0 radical (unpaired) electrons. The van der Waals surface area contributed by atoms with Gasteiger partial charge in [-0.15, -0.1) is 0 Å². The molecule has 3 heteroatoms. The van der Waals surface area contributed by atoms with Gasteiger partial charge in [0.2, 0.25) is 0 Å². The first-order valence-corrected chi connectivity index (χ1v) is 27.3. The standard InChI is InChI=1S/C56H38N2.C20H23N/c1-4-16-40(17-5-1)55-48-23-10-12-25-50(48)56(51-26-13-11-24-49(51)55)41-30-35-46(36-31-41)57(43-18-6-2-7-19-43)45-33-28-39(29-34-45)42-32-37-54-52(38-42)47-22-14-15-27-53(47)58(54)44-20-8-3-9-21-44;1-5-17(6-2)18-12-14-20(15-13-18)21(16(3)4)19-10-8-7-9-11-19/h1-38H;5-16H,1H2,2-4H3/b;17-6+. The van der Waals surface area contributed by atoms with E-state index in [0.29, 0.717) is 6.04 Å². The van der Waals surface area contributed by atoms with Gasteiger partial charge in [0.15, 0.2) is 0 Å².